The highest BCUT2D eigenvalue weighted by atomic mass is 32.2. The Morgan fingerprint density at radius 1 is 1.52 bits per heavy atom. The van der Waals surface area contributed by atoms with Crippen LogP contribution in [0, 0.1) is 5.92 Å². The van der Waals surface area contributed by atoms with Gasteiger partial charge in [0.1, 0.15) is 16.2 Å². The Hall–Kier alpha value is -1.14. The third-order valence-corrected chi connectivity index (χ3v) is 6.42. The second kappa shape index (κ2) is 7.18. The zero-order chi connectivity index (χ0) is 16.4. The largest absolute Gasteiger partial charge is 0.462 e. The molecule has 0 spiro atoms. The lowest BCUT2D eigenvalue weighted by Gasteiger charge is -2.18. The van der Waals surface area contributed by atoms with E-state index < -0.39 is 0 Å². The monoisotopic (exact) mass is 350 g/mol. The summed E-state index contributed by atoms with van der Waals surface area (Å²) in [5.41, 5.74) is 1.40. The van der Waals surface area contributed by atoms with E-state index in [-0.39, 0.29) is 12.1 Å². The number of carbonyl (C=O) groups is 1. The zero-order valence-electron chi connectivity index (χ0n) is 13.8. The molecular weight excluding hydrogens is 328 g/mol. The number of hydrogen-bond acceptors (Lipinski definition) is 6. The highest BCUT2D eigenvalue weighted by molar-refractivity contribution is 8.00. The standard InChI is InChI=1S/C17H22N2O2S2/c1-4-11(3)21-14(20)8-22-16-15-12-6-5-10(2)7-13(12)23-17(15)19-9-18-16/h9-11H,4-8H2,1-3H3. The molecule has 2 aromatic rings. The number of esters is 1. The summed E-state index contributed by atoms with van der Waals surface area (Å²) in [5, 5.41) is 2.09. The van der Waals surface area contributed by atoms with Crippen LogP contribution in [-0.2, 0) is 22.4 Å². The number of rotatable bonds is 5. The minimum Gasteiger partial charge on any atom is -0.462 e. The minimum absolute atomic E-state index is 0.0242. The van der Waals surface area contributed by atoms with Crippen molar-refractivity contribution in [1.82, 2.24) is 9.97 Å². The summed E-state index contributed by atoms with van der Waals surface area (Å²) in [6.07, 6.45) is 5.86. The van der Waals surface area contributed by atoms with Crippen LogP contribution in [0.4, 0.5) is 0 Å². The highest BCUT2D eigenvalue weighted by Gasteiger charge is 2.23. The first-order valence-corrected chi connectivity index (χ1v) is 9.96. The Bertz CT molecular complexity index is 714. The van der Waals surface area contributed by atoms with Crippen molar-refractivity contribution < 1.29 is 9.53 Å². The van der Waals surface area contributed by atoms with Crippen molar-refractivity contribution >= 4 is 39.3 Å². The van der Waals surface area contributed by atoms with Gasteiger partial charge in [-0.2, -0.15) is 0 Å². The van der Waals surface area contributed by atoms with Crippen molar-refractivity contribution in [3.05, 3.63) is 16.8 Å². The fourth-order valence-electron chi connectivity index (χ4n) is 2.82. The molecule has 0 N–H and O–H groups in total. The first-order chi connectivity index (χ1) is 11.1. The molecule has 0 saturated heterocycles. The molecule has 0 radical (unpaired) electrons. The number of thioether (sulfide) groups is 1. The second-order valence-corrected chi connectivity index (χ2v) is 8.26. The van der Waals surface area contributed by atoms with Crippen molar-refractivity contribution in [3.8, 4) is 0 Å². The number of aromatic nitrogens is 2. The maximum Gasteiger partial charge on any atom is 0.316 e. The Morgan fingerprint density at radius 2 is 2.35 bits per heavy atom. The van der Waals surface area contributed by atoms with Crippen LogP contribution in [0.2, 0.25) is 0 Å². The Morgan fingerprint density at radius 3 is 3.13 bits per heavy atom. The van der Waals surface area contributed by atoms with Crippen molar-refractivity contribution in [1.29, 1.82) is 0 Å². The number of carbonyl (C=O) groups excluding carboxylic acids is 1. The topological polar surface area (TPSA) is 52.1 Å². The van der Waals surface area contributed by atoms with Crippen LogP contribution in [0.1, 0.15) is 44.1 Å². The Kier molecular flexibility index (Phi) is 5.21. The number of hydrogen-bond donors (Lipinski definition) is 0. The molecule has 6 heteroatoms. The maximum atomic E-state index is 11.9. The fraction of sp³-hybridized carbons (Fsp3) is 0.588. The van der Waals surface area contributed by atoms with Gasteiger partial charge in [-0.15, -0.1) is 11.3 Å². The van der Waals surface area contributed by atoms with Gasteiger partial charge in [-0.25, -0.2) is 9.97 Å². The van der Waals surface area contributed by atoms with Crippen LogP contribution in [0.5, 0.6) is 0 Å². The van der Waals surface area contributed by atoms with E-state index in [0.717, 1.165) is 35.0 Å². The van der Waals surface area contributed by atoms with E-state index in [1.807, 2.05) is 13.8 Å². The van der Waals surface area contributed by atoms with Gasteiger partial charge in [-0.05, 0) is 44.1 Å². The van der Waals surface area contributed by atoms with Gasteiger partial charge in [0.05, 0.1) is 11.9 Å². The first-order valence-electron chi connectivity index (χ1n) is 8.16. The van der Waals surface area contributed by atoms with Gasteiger partial charge in [0.25, 0.3) is 0 Å². The van der Waals surface area contributed by atoms with Gasteiger partial charge in [0.2, 0.25) is 0 Å². The molecule has 1 aliphatic carbocycles. The SMILES string of the molecule is CCC(C)OC(=O)CSc1ncnc2sc3c(c12)CCC(C)C3. The Labute approximate surface area is 145 Å². The lowest BCUT2D eigenvalue weighted by atomic mass is 9.89. The van der Waals surface area contributed by atoms with Gasteiger partial charge in [0, 0.05) is 10.3 Å². The summed E-state index contributed by atoms with van der Waals surface area (Å²) in [5.74, 6) is 0.872. The molecule has 2 heterocycles. The van der Waals surface area contributed by atoms with E-state index in [2.05, 4.69) is 16.9 Å². The van der Waals surface area contributed by atoms with Gasteiger partial charge in [-0.1, -0.05) is 25.6 Å². The molecule has 2 atom stereocenters. The van der Waals surface area contributed by atoms with Gasteiger partial charge in [0.15, 0.2) is 0 Å². The lowest BCUT2D eigenvalue weighted by Crippen LogP contribution is -2.15. The number of ether oxygens (including phenoxy) is 1. The highest BCUT2D eigenvalue weighted by Crippen LogP contribution is 2.40. The average Bonchev–Trinajstić information content (AvgIpc) is 2.90. The quantitative estimate of drug-likeness (QED) is 0.458. The predicted octanol–water partition coefficient (Wildman–Crippen LogP) is 4.25. The molecule has 1 aliphatic rings. The van der Waals surface area contributed by atoms with Crippen LogP contribution >= 0.6 is 23.1 Å². The van der Waals surface area contributed by atoms with E-state index in [9.17, 15) is 4.79 Å². The van der Waals surface area contributed by atoms with Crippen LogP contribution in [-0.4, -0.2) is 27.8 Å². The van der Waals surface area contributed by atoms with E-state index in [1.165, 1.54) is 34.0 Å². The first kappa shape index (κ1) is 16.7. The van der Waals surface area contributed by atoms with Crippen molar-refractivity contribution in [2.45, 2.75) is 57.6 Å². The van der Waals surface area contributed by atoms with E-state index in [1.54, 1.807) is 17.7 Å². The molecule has 4 nitrogen and oxygen atoms in total. The number of aryl methyl sites for hydroxylation is 1. The van der Waals surface area contributed by atoms with Gasteiger partial charge in [-0.3, -0.25) is 4.79 Å². The zero-order valence-corrected chi connectivity index (χ0v) is 15.4. The molecule has 23 heavy (non-hydrogen) atoms. The summed E-state index contributed by atoms with van der Waals surface area (Å²) in [6.45, 7) is 6.24. The van der Waals surface area contributed by atoms with Gasteiger partial charge >= 0.3 is 5.97 Å². The van der Waals surface area contributed by atoms with Crippen molar-refractivity contribution in [2.24, 2.45) is 5.92 Å². The summed E-state index contributed by atoms with van der Waals surface area (Å²) in [6, 6.07) is 0. The third-order valence-electron chi connectivity index (χ3n) is 4.29. The number of thiophene rings is 1. The Balaban J connectivity index is 1.80. The van der Waals surface area contributed by atoms with E-state index in [4.69, 9.17) is 4.74 Å². The molecule has 0 aliphatic heterocycles. The molecule has 0 fully saturated rings. The summed E-state index contributed by atoms with van der Waals surface area (Å²) in [7, 11) is 0. The van der Waals surface area contributed by atoms with Crippen molar-refractivity contribution in [3.63, 3.8) is 0 Å². The minimum atomic E-state index is -0.172. The molecule has 0 bridgehead atoms. The summed E-state index contributed by atoms with van der Waals surface area (Å²) in [4.78, 5) is 23.3. The smallest absolute Gasteiger partial charge is 0.316 e. The predicted molar refractivity (Wildman–Crippen MR) is 95.2 cm³/mol. The van der Waals surface area contributed by atoms with Crippen LogP contribution < -0.4 is 0 Å². The molecule has 0 saturated carbocycles. The van der Waals surface area contributed by atoms with Crippen molar-refractivity contribution in [2.75, 3.05) is 5.75 Å². The van der Waals surface area contributed by atoms with Gasteiger partial charge < -0.3 is 4.74 Å². The molecular formula is C17H22N2O2S2. The molecule has 124 valence electrons. The molecule has 0 amide bonds. The number of nitrogens with zero attached hydrogens (tertiary/aromatic N) is 2. The maximum absolute atomic E-state index is 11.9. The summed E-state index contributed by atoms with van der Waals surface area (Å²) >= 11 is 3.26. The number of fused-ring (bicyclic) bond motifs is 3. The summed E-state index contributed by atoms with van der Waals surface area (Å²) < 4.78 is 5.34. The van der Waals surface area contributed by atoms with E-state index in [0.29, 0.717) is 5.75 Å². The second-order valence-electron chi connectivity index (χ2n) is 6.21. The van der Waals surface area contributed by atoms with Crippen LogP contribution in [0.25, 0.3) is 10.2 Å². The van der Waals surface area contributed by atoms with Crippen LogP contribution in [0.15, 0.2) is 11.4 Å². The third kappa shape index (κ3) is 3.69. The average molecular weight is 351 g/mol. The molecule has 2 unspecified atom stereocenters. The van der Waals surface area contributed by atoms with E-state index >= 15 is 0 Å². The van der Waals surface area contributed by atoms with Crippen LogP contribution in [0.3, 0.4) is 0 Å². The molecule has 3 rings (SSSR count). The molecule has 0 aromatic carbocycles. The fourth-order valence-corrected chi connectivity index (χ4v) is 5.05. The molecule has 2 aromatic heterocycles. The lowest BCUT2D eigenvalue weighted by molar-refractivity contribution is -0.144. The normalized spacial score (nSPS) is 18.7.